The van der Waals surface area contributed by atoms with Crippen LogP contribution in [0.2, 0.25) is 0 Å². The van der Waals surface area contributed by atoms with Gasteiger partial charge in [-0.05, 0) is 19.3 Å². The zero-order valence-electron chi connectivity index (χ0n) is 11.0. The van der Waals surface area contributed by atoms with E-state index in [1.165, 1.54) is 23.3 Å². The van der Waals surface area contributed by atoms with E-state index in [0.717, 1.165) is 5.01 Å². The predicted molar refractivity (Wildman–Crippen MR) is 69.8 cm³/mol. The van der Waals surface area contributed by atoms with E-state index in [1.807, 2.05) is 20.8 Å². The molecule has 1 rings (SSSR count). The van der Waals surface area contributed by atoms with Crippen LogP contribution in [0.5, 0.6) is 0 Å². The van der Waals surface area contributed by atoms with Gasteiger partial charge in [0.2, 0.25) is 0 Å². The van der Waals surface area contributed by atoms with Gasteiger partial charge in [-0.1, -0.05) is 13.8 Å². The summed E-state index contributed by atoms with van der Waals surface area (Å²) < 4.78 is 0. The van der Waals surface area contributed by atoms with Crippen LogP contribution in [0.15, 0.2) is 5.38 Å². The lowest BCUT2D eigenvalue weighted by molar-refractivity contribution is -0.142. The molecule has 18 heavy (non-hydrogen) atoms. The minimum atomic E-state index is -0.980. The molecule has 1 aromatic heterocycles. The Hall–Kier alpha value is -1.43. The lowest BCUT2D eigenvalue weighted by atomic mass is 10.0. The molecule has 1 unspecified atom stereocenters. The molecule has 0 bridgehead atoms. The van der Waals surface area contributed by atoms with Crippen LogP contribution >= 0.6 is 11.3 Å². The molecule has 0 aliphatic heterocycles. The smallest absolute Gasteiger partial charge is 0.326 e. The Morgan fingerprint density at radius 2 is 2.11 bits per heavy atom. The summed E-state index contributed by atoms with van der Waals surface area (Å²) in [6, 6.07) is -0.806. The van der Waals surface area contributed by atoms with E-state index in [1.54, 1.807) is 5.38 Å². The van der Waals surface area contributed by atoms with E-state index in [-0.39, 0.29) is 11.8 Å². The van der Waals surface area contributed by atoms with Gasteiger partial charge in [0, 0.05) is 12.4 Å². The molecule has 0 aliphatic carbocycles. The average molecular weight is 270 g/mol. The number of carbonyl (C=O) groups is 2. The summed E-state index contributed by atoms with van der Waals surface area (Å²) in [6.45, 7) is 5.67. The van der Waals surface area contributed by atoms with E-state index in [9.17, 15) is 14.7 Å². The quantitative estimate of drug-likeness (QED) is 0.888. The summed E-state index contributed by atoms with van der Waals surface area (Å²) in [7, 11) is 1.51. The van der Waals surface area contributed by atoms with Crippen LogP contribution in [0.1, 0.15) is 35.8 Å². The fraction of sp³-hybridized carbons (Fsp3) is 0.583. The lowest BCUT2D eigenvalue weighted by Crippen LogP contribution is -2.43. The van der Waals surface area contributed by atoms with Crippen LogP contribution < -0.4 is 0 Å². The van der Waals surface area contributed by atoms with Crippen LogP contribution in [0.4, 0.5) is 0 Å². The minimum Gasteiger partial charge on any atom is -0.480 e. The van der Waals surface area contributed by atoms with Crippen molar-refractivity contribution in [2.45, 2.75) is 33.2 Å². The Kier molecular flexibility index (Phi) is 4.84. The van der Waals surface area contributed by atoms with E-state index in [4.69, 9.17) is 0 Å². The largest absolute Gasteiger partial charge is 0.480 e. The average Bonchev–Trinajstić information content (AvgIpc) is 2.70. The van der Waals surface area contributed by atoms with Crippen molar-refractivity contribution in [1.82, 2.24) is 9.88 Å². The molecule has 1 heterocycles. The Morgan fingerprint density at radius 3 is 2.50 bits per heavy atom. The van der Waals surface area contributed by atoms with Gasteiger partial charge in [-0.25, -0.2) is 9.78 Å². The second-order valence-corrected chi connectivity index (χ2v) is 5.71. The summed E-state index contributed by atoms with van der Waals surface area (Å²) in [6.07, 6.45) is 0.431. The number of thiazole rings is 1. The summed E-state index contributed by atoms with van der Waals surface area (Å²) in [5.74, 6) is -1.11. The standard InChI is InChI=1S/C12H18N2O3S/c1-7(2)5-10(12(16)17)14(4)11(15)9-6-18-8(3)13-9/h6-7,10H,5H2,1-4H3,(H,16,17). The lowest BCUT2D eigenvalue weighted by Gasteiger charge is -2.25. The number of carbonyl (C=O) groups excluding carboxylic acids is 1. The van der Waals surface area contributed by atoms with Gasteiger partial charge in [-0.2, -0.15) is 0 Å². The third-order valence-electron chi connectivity index (χ3n) is 2.61. The highest BCUT2D eigenvalue weighted by Gasteiger charge is 2.28. The minimum absolute atomic E-state index is 0.207. The third-order valence-corrected chi connectivity index (χ3v) is 3.38. The molecular formula is C12H18N2O3S. The second kappa shape index (κ2) is 5.95. The van der Waals surface area contributed by atoms with E-state index < -0.39 is 12.0 Å². The van der Waals surface area contributed by atoms with Crippen LogP contribution in [0.3, 0.4) is 0 Å². The Bertz CT molecular complexity index is 442. The zero-order chi connectivity index (χ0) is 13.9. The maximum atomic E-state index is 12.1. The fourth-order valence-corrected chi connectivity index (χ4v) is 2.24. The van der Waals surface area contributed by atoms with Crippen molar-refractivity contribution in [2.24, 2.45) is 5.92 Å². The summed E-state index contributed by atoms with van der Waals surface area (Å²) >= 11 is 1.38. The van der Waals surface area contributed by atoms with Crippen molar-refractivity contribution in [1.29, 1.82) is 0 Å². The van der Waals surface area contributed by atoms with Gasteiger partial charge < -0.3 is 10.0 Å². The summed E-state index contributed by atoms with van der Waals surface area (Å²) in [5, 5.41) is 11.6. The fourth-order valence-electron chi connectivity index (χ4n) is 1.65. The zero-order valence-corrected chi connectivity index (χ0v) is 11.8. The summed E-state index contributed by atoms with van der Waals surface area (Å²) in [4.78, 5) is 28.6. The highest BCUT2D eigenvalue weighted by molar-refractivity contribution is 7.09. The Labute approximate surface area is 110 Å². The molecular weight excluding hydrogens is 252 g/mol. The molecule has 0 aromatic carbocycles. The van der Waals surface area contributed by atoms with E-state index in [2.05, 4.69) is 4.98 Å². The van der Waals surface area contributed by atoms with Crippen LogP contribution in [0, 0.1) is 12.8 Å². The molecule has 100 valence electrons. The van der Waals surface area contributed by atoms with Crippen molar-refractivity contribution in [3.63, 3.8) is 0 Å². The second-order valence-electron chi connectivity index (χ2n) is 4.65. The molecule has 5 nitrogen and oxygen atoms in total. The number of aryl methyl sites for hydroxylation is 1. The van der Waals surface area contributed by atoms with Crippen molar-refractivity contribution < 1.29 is 14.7 Å². The number of likely N-dealkylation sites (N-methyl/N-ethyl adjacent to an activating group) is 1. The predicted octanol–water partition coefficient (Wildman–Crippen LogP) is 2.02. The van der Waals surface area contributed by atoms with Gasteiger partial charge >= 0.3 is 5.97 Å². The van der Waals surface area contributed by atoms with Crippen LogP contribution in [0.25, 0.3) is 0 Å². The third kappa shape index (κ3) is 3.53. The van der Waals surface area contributed by atoms with Crippen molar-refractivity contribution in [2.75, 3.05) is 7.05 Å². The molecule has 0 saturated heterocycles. The summed E-state index contributed by atoms with van der Waals surface area (Å²) in [5.41, 5.74) is 0.315. The number of aliphatic carboxylic acids is 1. The molecule has 0 radical (unpaired) electrons. The van der Waals surface area contributed by atoms with Crippen molar-refractivity contribution in [3.05, 3.63) is 16.1 Å². The molecule has 1 N–H and O–H groups in total. The molecule has 1 atom stereocenters. The van der Waals surface area contributed by atoms with Gasteiger partial charge in [-0.15, -0.1) is 11.3 Å². The number of nitrogens with zero attached hydrogens (tertiary/aromatic N) is 2. The number of rotatable bonds is 5. The molecule has 0 aliphatic rings. The van der Waals surface area contributed by atoms with E-state index in [0.29, 0.717) is 12.1 Å². The van der Waals surface area contributed by atoms with E-state index >= 15 is 0 Å². The number of carboxylic acid groups (broad SMARTS) is 1. The van der Waals surface area contributed by atoms with Crippen molar-refractivity contribution in [3.8, 4) is 0 Å². The molecule has 0 spiro atoms. The molecule has 0 saturated carbocycles. The molecule has 1 aromatic rings. The molecule has 1 amide bonds. The first-order chi connectivity index (χ1) is 8.32. The molecule has 6 heteroatoms. The SMILES string of the molecule is Cc1nc(C(=O)N(C)C(CC(C)C)C(=O)O)cs1. The topological polar surface area (TPSA) is 70.5 Å². The number of aromatic nitrogens is 1. The monoisotopic (exact) mass is 270 g/mol. The Morgan fingerprint density at radius 1 is 1.50 bits per heavy atom. The van der Waals surface area contributed by atoms with Gasteiger partial charge in [0.25, 0.3) is 5.91 Å². The maximum Gasteiger partial charge on any atom is 0.326 e. The van der Waals surface area contributed by atoms with Crippen LogP contribution in [-0.2, 0) is 4.79 Å². The maximum absolute atomic E-state index is 12.1. The van der Waals surface area contributed by atoms with Gasteiger partial charge in [0.15, 0.2) is 0 Å². The number of hydrogen-bond acceptors (Lipinski definition) is 4. The van der Waals surface area contributed by atoms with Gasteiger partial charge in [0.05, 0.1) is 5.01 Å². The number of amides is 1. The van der Waals surface area contributed by atoms with Gasteiger partial charge in [0.1, 0.15) is 11.7 Å². The number of carboxylic acids is 1. The first-order valence-corrected chi connectivity index (χ1v) is 6.63. The first kappa shape index (κ1) is 14.6. The Balaban J connectivity index is 2.86. The highest BCUT2D eigenvalue weighted by atomic mass is 32.1. The van der Waals surface area contributed by atoms with Gasteiger partial charge in [-0.3, -0.25) is 4.79 Å². The van der Waals surface area contributed by atoms with Crippen LogP contribution in [-0.4, -0.2) is 40.0 Å². The number of hydrogen-bond donors (Lipinski definition) is 1. The molecule has 0 fully saturated rings. The first-order valence-electron chi connectivity index (χ1n) is 5.75. The highest BCUT2D eigenvalue weighted by Crippen LogP contribution is 2.15. The normalized spacial score (nSPS) is 12.5. The van der Waals surface area contributed by atoms with Crippen molar-refractivity contribution >= 4 is 23.2 Å².